The van der Waals surface area contributed by atoms with Crippen LogP contribution in [0.4, 0.5) is 5.69 Å². The molecule has 0 fully saturated rings. The largest absolute Gasteiger partial charge is 0.424 e. The summed E-state index contributed by atoms with van der Waals surface area (Å²) in [6, 6.07) is 6.76. The van der Waals surface area contributed by atoms with Crippen LogP contribution in [-0.2, 0) is 9.59 Å². The van der Waals surface area contributed by atoms with Crippen molar-refractivity contribution in [2.24, 2.45) is 0 Å². The molecule has 0 saturated heterocycles. The Balaban J connectivity index is 2.90. The molecule has 0 unspecified atom stereocenters. The summed E-state index contributed by atoms with van der Waals surface area (Å²) in [6.07, 6.45) is 0. The van der Waals surface area contributed by atoms with Crippen LogP contribution in [0.1, 0.15) is 13.8 Å². The zero-order valence-corrected chi connectivity index (χ0v) is 8.03. The van der Waals surface area contributed by atoms with Gasteiger partial charge in [-0.25, -0.2) is 0 Å². The van der Waals surface area contributed by atoms with E-state index in [9.17, 15) is 9.59 Å². The Kier molecular flexibility index (Phi) is 3.23. The van der Waals surface area contributed by atoms with Crippen molar-refractivity contribution < 1.29 is 14.3 Å². The summed E-state index contributed by atoms with van der Waals surface area (Å²) in [5, 5.41) is 2.56. The fraction of sp³-hybridized carbons (Fsp3) is 0.200. The number of rotatable bonds is 2. The second kappa shape index (κ2) is 4.41. The van der Waals surface area contributed by atoms with Crippen molar-refractivity contribution in [1.82, 2.24) is 0 Å². The standard InChI is InChI=1S/C10H11NO3/c1-7(12)11-9-5-3-4-6-10(9)14-8(2)13/h3-6H,1-2H3,(H,11,12). The first-order valence-electron chi connectivity index (χ1n) is 4.14. The maximum atomic E-state index is 10.8. The van der Waals surface area contributed by atoms with E-state index in [1.54, 1.807) is 24.3 Å². The molecule has 0 aromatic heterocycles. The summed E-state index contributed by atoms with van der Waals surface area (Å²) in [5.74, 6) is -0.261. The van der Waals surface area contributed by atoms with Crippen LogP contribution in [0.2, 0.25) is 0 Å². The van der Waals surface area contributed by atoms with Crippen LogP contribution in [0, 0.1) is 0 Å². The Labute approximate surface area is 81.9 Å². The minimum absolute atomic E-state index is 0.204. The highest BCUT2D eigenvalue weighted by Gasteiger charge is 2.05. The highest BCUT2D eigenvalue weighted by molar-refractivity contribution is 5.90. The molecule has 0 radical (unpaired) electrons. The van der Waals surface area contributed by atoms with E-state index in [0.717, 1.165) is 0 Å². The third kappa shape index (κ3) is 2.90. The van der Waals surface area contributed by atoms with Crippen molar-refractivity contribution in [1.29, 1.82) is 0 Å². The van der Waals surface area contributed by atoms with Gasteiger partial charge in [0, 0.05) is 13.8 Å². The van der Waals surface area contributed by atoms with E-state index in [0.29, 0.717) is 11.4 Å². The molecule has 0 bridgehead atoms. The number of hydrogen-bond donors (Lipinski definition) is 1. The Morgan fingerprint density at radius 3 is 2.43 bits per heavy atom. The molecule has 0 aliphatic rings. The van der Waals surface area contributed by atoms with Gasteiger partial charge in [0.25, 0.3) is 0 Å². The van der Waals surface area contributed by atoms with Gasteiger partial charge in [0.05, 0.1) is 5.69 Å². The van der Waals surface area contributed by atoms with Crippen LogP contribution < -0.4 is 10.1 Å². The molecule has 0 aliphatic carbocycles. The molecule has 1 aromatic carbocycles. The van der Waals surface area contributed by atoms with Gasteiger partial charge in [0.2, 0.25) is 5.91 Å². The molecule has 0 atom stereocenters. The smallest absolute Gasteiger partial charge is 0.308 e. The van der Waals surface area contributed by atoms with Gasteiger partial charge in [-0.2, -0.15) is 0 Å². The fourth-order valence-corrected chi connectivity index (χ4v) is 1.00. The number of ether oxygens (including phenoxy) is 1. The first kappa shape index (κ1) is 10.2. The Morgan fingerprint density at radius 2 is 1.86 bits per heavy atom. The average molecular weight is 193 g/mol. The molecule has 1 N–H and O–H groups in total. The number of para-hydroxylation sites is 2. The van der Waals surface area contributed by atoms with Crippen molar-refractivity contribution in [2.45, 2.75) is 13.8 Å². The Morgan fingerprint density at radius 1 is 1.21 bits per heavy atom. The molecule has 74 valence electrons. The third-order valence-electron chi connectivity index (χ3n) is 1.45. The van der Waals surface area contributed by atoms with Crippen molar-refractivity contribution in [3.05, 3.63) is 24.3 Å². The molecular weight excluding hydrogens is 182 g/mol. The van der Waals surface area contributed by atoms with Gasteiger partial charge in [0.1, 0.15) is 0 Å². The second-order valence-corrected chi connectivity index (χ2v) is 2.77. The molecule has 0 saturated carbocycles. The van der Waals surface area contributed by atoms with Crippen molar-refractivity contribution >= 4 is 17.6 Å². The van der Waals surface area contributed by atoms with E-state index >= 15 is 0 Å². The normalized spacial score (nSPS) is 9.29. The summed E-state index contributed by atoms with van der Waals surface area (Å²) in [4.78, 5) is 21.5. The van der Waals surface area contributed by atoms with Crippen molar-refractivity contribution in [3.8, 4) is 5.75 Å². The first-order chi connectivity index (χ1) is 6.59. The molecular formula is C10H11NO3. The van der Waals surface area contributed by atoms with E-state index in [2.05, 4.69) is 5.32 Å². The van der Waals surface area contributed by atoms with Gasteiger partial charge in [-0.05, 0) is 12.1 Å². The molecule has 0 heterocycles. The lowest BCUT2D eigenvalue weighted by Crippen LogP contribution is -2.09. The van der Waals surface area contributed by atoms with Gasteiger partial charge in [0.15, 0.2) is 5.75 Å². The number of anilines is 1. The number of esters is 1. The van der Waals surface area contributed by atoms with E-state index in [1.165, 1.54) is 13.8 Å². The van der Waals surface area contributed by atoms with E-state index in [-0.39, 0.29) is 5.91 Å². The Bertz CT molecular complexity index is 325. The van der Waals surface area contributed by atoms with Crippen LogP contribution in [-0.4, -0.2) is 11.9 Å². The maximum absolute atomic E-state index is 10.8. The predicted molar refractivity (Wildman–Crippen MR) is 52.1 cm³/mol. The van der Waals surface area contributed by atoms with E-state index in [1.807, 2.05) is 0 Å². The molecule has 14 heavy (non-hydrogen) atoms. The summed E-state index contributed by atoms with van der Waals surface area (Å²) >= 11 is 0. The van der Waals surface area contributed by atoms with Gasteiger partial charge < -0.3 is 10.1 Å². The molecule has 0 spiro atoms. The van der Waals surface area contributed by atoms with Gasteiger partial charge in [-0.3, -0.25) is 9.59 Å². The molecule has 1 aromatic rings. The number of nitrogens with one attached hydrogen (secondary N) is 1. The van der Waals surface area contributed by atoms with Crippen LogP contribution >= 0.6 is 0 Å². The first-order valence-corrected chi connectivity index (χ1v) is 4.14. The number of amides is 1. The average Bonchev–Trinajstić information content (AvgIpc) is 2.06. The fourth-order valence-electron chi connectivity index (χ4n) is 1.00. The predicted octanol–water partition coefficient (Wildman–Crippen LogP) is 1.57. The zero-order chi connectivity index (χ0) is 10.6. The van der Waals surface area contributed by atoms with E-state index in [4.69, 9.17) is 4.74 Å². The highest BCUT2D eigenvalue weighted by Crippen LogP contribution is 2.23. The lowest BCUT2D eigenvalue weighted by Gasteiger charge is -2.08. The van der Waals surface area contributed by atoms with Crippen molar-refractivity contribution in [3.63, 3.8) is 0 Å². The van der Waals surface area contributed by atoms with Gasteiger partial charge in [-0.15, -0.1) is 0 Å². The van der Waals surface area contributed by atoms with Crippen LogP contribution in [0.3, 0.4) is 0 Å². The summed E-state index contributed by atoms with van der Waals surface area (Å²) in [6.45, 7) is 2.70. The minimum Gasteiger partial charge on any atom is -0.424 e. The monoisotopic (exact) mass is 193 g/mol. The van der Waals surface area contributed by atoms with Crippen molar-refractivity contribution in [2.75, 3.05) is 5.32 Å². The van der Waals surface area contributed by atoms with Crippen LogP contribution in [0.25, 0.3) is 0 Å². The number of benzene rings is 1. The number of carbonyl (C=O) groups is 2. The lowest BCUT2D eigenvalue weighted by atomic mass is 10.3. The number of hydrogen-bond acceptors (Lipinski definition) is 3. The highest BCUT2D eigenvalue weighted by atomic mass is 16.5. The molecule has 1 rings (SSSR count). The Hall–Kier alpha value is -1.84. The van der Waals surface area contributed by atoms with Crippen LogP contribution in [0.15, 0.2) is 24.3 Å². The second-order valence-electron chi connectivity index (χ2n) is 2.77. The molecule has 0 aliphatic heterocycles. The minimum atomic E-state index is -0.414. The lowest BCUT2D eigenvalue weighted by molar-refractivity contribution is -0.131. The quantitative estimate of drug-likeness (QED) is 0.573. The van der Waals surface area contributed by atoms with Gasteiger partial charge >= 0.3 is 5.97 Å². The summed E-state index contributed by atoms with van der Waals surface area (Å²) < 4.78 is 4.89. The maximum Gasteiger partial charge on any atom is 0.308 e. The van der Waals surface area contributed by atoms with Crippen LogP contribution in [0.5, 0.6) is 5.75 Å². The van der Waals surface area contributed by atoms with E-state index < -0.39 is 5.97 Å². The molecule has 4 nitrogen and oxygen atoms in total. The molecule has 4 heteroatoms. The van der Waals surface area contributed by atoms with Gasteiger partial charge in [-0.1, -0.05) is 12.1 Å². The SMILES string of the molecule is CC(=O)Nc1ccccc1OC(C)=O. The third-order valence-corrected chi connectivity index (χ3v) is 1.45. The molecule has 1 amide bonds. The zero-order valence-electron chi connectivity index (χ0n) is 8.03. The summed E-state index contributed by atoms with van der Waals surface area (Å²) in [5.41, 5.74) is 0.496. The number of carbonyl (C=O) groups excluding carboxylic acids is 2. The topological polar surface area (TPSA) is 55.4 Å². The summed E-state index contributed by atoms with van der Waals surface area (Å²) in [7, 11) is 0.